The highest BCUT2D eigenvalue weighted by atomic mass is 16.5. The summed E-state index contributed by atoms with van der Waals surface area (Å²) < 4.78 is 5.56. The molecule has 0 radical (unpaired) electrons. The average Bonchev–Trinajstić information content (AvgIpc) is 2.19. The monoisotopic (exact) mass is 194 g/mol. The number of carbonyl (C=O) groups excluding carboxylic acids is 1. The number of hydrogen-bond donors (Lipinski definition) is 0. The minimum absolute atomic E-state index is 0.208. The molecule has 78 valence electrons. The van der Waals surface area contributed by atoms with Crippen LogP contribution in [0.15, 0.2) is 0 Å². The van der Waals surface area contributed by atoms with Crippen molar-refractivity contribution in [1.29, 1.82) is 0 Å². The van der Waals surface area contributed by atoms with Crippen molar-refractivity contribution in [3.05, 3.63) is 0 Å². The molecule has 0 aromatic heterocycles. The third-order valence-electron chi connectivity index (χ3n) is 2.71. The Morgan fingerprint density at radius 2 is 2.29 bits per heavy atom. The van der Waals surface area contributed by atoms with Gasteiger partial charge in [0.05, 0.1) is 0 Å². The lowest BCUT2D eigenvalue weighted by molar-refractivity contribution is -0.147. The second-order valence-electron chi connectivity index (χ2n) is 3.89. The Bertz CT molecular complexity index is 251. The summed E-state index contributed by atoms with van der Waals surface area (Å²) in [5.74, 6) is 5.91. The van der Waals surface area contributed by atoms with E-state index in [-0.39, 0.29) is 5.78 Å². The average molecular weight is 194 g/mol. The molecule has 1 rings (SSSR count). The van der Waals surface area contributed by atoms with Gasteiger partial charge < -0.3 is 4.74 Å². The van der Waals surface area contributed by atoms with Gasteiger partial charge in [0.25, 0.3) is 0 Å². The molecule has 1 atom stereocenters. The zero-order valence-corrected chi connectivity index (χ0v) is 9.06. The maximum absolute atomic E-state index is 11.8. The van der Waals surface area contributed by atoms with Crippen LogP contribution >= 0.6 is 0 Å². The second kappa shape index (κ2) is 5.17. The fourth-order valence-corrected chi connectivity index (χ4v) is 1.72. The van der Waals surface area contributed by atoms with Crippen LogP contribution in [-0.4, -0.2) is 18.0 Å². The molecule has 1 heterocycles. The lowest BCUT2D eigenvalue weighted by atomic mass is 9.89. The molecule has 1 saturated heterocycles. The molecular formula is C12H18O2. The van der Waals surface area contributed by atoms with Crippen LogP contribution in [0, 0.1) is 11.8 Å². The van der Waals surface area contributed by atoms with Gasteiger partial charge >= 0.3 is 0 Å². The number of rotatable bonds is 3. The van der Waals surface area contributed by atoms with E-state index in [1.54, 1.807) is 6.92 Å². The van der Waals surface area contributed by atoms with Crippen molar-refractivity contribution in [3.63, 3.8) is 0 Å². The number of Topliss-reactive ketones (excluding diaryl/α,β-unsaturated/α-hetero) is 1. The van der Waals surface area contributed by atoms with Crippen LogP contribution in [-0.2, 0) is 9.53 Å². The Morgan fingerprint density at radius 3 is 2.86 bits per heavy atom. The van der Waals surface area contributed by atoms with Crippen molar-refractivity contribution >= 4 is 5.78 Å². The van der Waals surface area contributed by atoms with E-state index in [9.17, 15) is 4.79 Å². The molecule has 0 saturated carbocycles. The van der Waals surface area contributed by atoms with Crippen molar-refractivity contribution in [3.8, 4) is 11.8 Å². The summed E-state index contributed by atoms with van der Waals surface area (Å²) in [5, 5.41) is 0. The van der Waals surface area contributed by atoms with Crippen molar-refractivity contribution in [2.45, 2.75) is 51.6 Å². The fraction of sp³-hybridized carbons (Fsp3) is 0.750. The molecule has 0 aromatic rings. The van der Waals surface area contributed by atoms with E-state index in [4.69, 9.17) is 4.74 Å². The van der Waals surface area contributed by atoms with Gasteiger partial charge in [-0.3, -0.25) is 4.79 Å². The first-order valence-corrected chi connectivity index (χ1v) is 5.26. The molecular weight excluding hydrogens is 176 g/mol. The Kier molecular flexibility index (Phi) is 4.16. The van der Waals surface area contributed by atoms with Gasteiger partial charge in [0.15, 0.2) is 5.78 Å². The Morgan fingerprint density at radius 1 is 1.50 bits per heavy atom. The third-order valence-corrected chi connectivity index (χ3v) is 2.71. The maximum Gasteiger partial charge on any atom is 0.165 e. The van der Waals surface area contributed by atoms with Gasteiger partial charge in [0.2, 0.25) is 0 Å². The van der Waals surface area contributed by atoms with Crippen LogP contribution in [0.5, 0.6) is 0 Å². The first-order valence-electron chi connectivity index (χ1n) is 5.26. The number of hydrogen-bond acceptors (Lipinski definition) is 2. The molecule has 2 heteroatoms. The van der Waals surface area contributed by atoms with Crippen molar-refractivity contribution in [1.82, 2.24) is 0 Å². The minimum Gasteiger partial charge on any atom is -0.368 e. The van der Waals surface area contributed by atoms with Gasteiger partial charge in [-0.2, -0.15) is 0 Å². The number of ketones is 1. The Balaban J connectivity index is 2.43. The predicted molar refractivity (Wildman–Crippen MR) is 55.9 cm³/mol. The predicted octanol–water partition coefficient (Wildman–Crippen LogP) is 2.32. The first kappa shape index (κ1) is 11.3. The van der Waals surface area contributed by atoms with E-state index in [1.807, 2.05) is 6.92 Å². The summed E-state index contributed by atoms with van der Waals surface area (Å²) in [6, 6.07) is 0. The van der Waals surface area contributed by atoms with Crippen LogP contribution in [0.4, 0.5) is 0 Å². The molecule has 2 nitrogen and oxygen atoms in total. The number of ether oxygens (including phenoxy) is 1. The first-order chi connectivity index (χ1) is 6.69. The quantitative estimate of drug-likeness (QED) is 0.644. The largest absolute Gasteiger partial charge is 0.368 e. The van der Waals surface area contributed by atoms with Gasteiger partial charge in [-0.15, -0.1) is 11.8 Å². The maximum atomic E-state index is 11.8. The topological polar surface area (TPSA) is 26.3 Å². The normalized spacial score (nSPS) is 26.4. The summed E-state index contributed by atoms with van der Waals surface area (Å²) in [5.41, 5.74) is -0.520. The molecule has 14 heavy (non-hydrogen) atoms. The zero-order chi connectivity index (χ0) is 10.4. The van der Waals surface area contributed by atoms with Crippen molar-refractivity contribution < 1.29 is 9.53 Å². The van der Waals surface area contributed by atoms with E-state index < -0.39 is 5.60 Å². The van der Waals surface area contributed by atoms with E-state index >= 15 is 0 Å². The van der Waals surface area contributed by atoms with Crippen molar-refractivity contribution in [2.75, 3.05) is 6.61 Å². The van der Waals surface area contributed by atoms with E-state index in [0.29, 0.717) is 12.8 Å². The Hall–Kier alpha value is -0.810. The zero-order valence-electron chi connectivity index (χ0n) is 9.06. The van der Waals surface area contributed by atoms with Gasteiger partial charge in [0, 0.05) is 19.4 Å². The van der Waals surface area contributed by atoms with Gasteiger partial charge in [0.1, 0.15) is 5.60 Å². The molecule has 0 N–H and O–H groups in total. The molecule has 0 bridgehead atoms. The molecule has 0 aliphatic carbocycles. The van der Waals surface area contributed by atoms with E-state index in [2.05, 4.69) is 11.8 Å². The molecule has 1 aliphatic heterocycles. The molecule has 0 amide bonds. The third kappa shape index (κ3) is 2.85. The molecule has 0 aromatic carbocycles. The SMILES string of the molecule is CC#CCCC(=O)C1(C)CCCCO1. The van der Waals surface area contributed by atoms with E-state index in [0.717, 1.165) is 25.9 Å². The molecule has 1 fully saturated rings. The number of carbonyl (C=O) groups is 1. The highest BCUT2D eigenvalue weighted by Gasteiger charge is 2.34. The smallest absolute Gasteiger partial charge is 0.165 e. The lowest BCUT2D eigenvalue weighted by Gasteiger charge is -2.32. The van der Waals surface area contributed by atoms with Gasteiger partial charge in [-0.25, -0.2) is 0 Å². The lowest BCUT2D eigenvalue weighted by Crippen LogP contribution is -2.41. The highest BCUT2D eigenvalue weighted by molar-refractivity contribution is 5.87. The minimum atomic E-state index is -0.520. The molecule has 1 unspecified atom stereocenters. The highest BCUT2D eigenvalue weighted by Crippen LogP contribution is 2.26. The Labute approximate surface area is 86.0 Å². The van der Waals surface area contributed by atoms with Crippen LogP contribution in [0.3, 0.4) is 0 Å². The summed E-state index contributed by atoms with van der Waals surface area (Å²) in [7, 11) is 0. The molecule has 1 aliphatic rings. The van der Waals surface area contributed by atoms with Crippen LogP contribution in [0.25, 0.3) is 0 Å². The summed E-state index contributed by atoms with van der Waals surface area (Å²) in [6.45, 7) is 4.43. The van der Waals surface area contributed by atoms with Crippen LogP contribution in [0.2, 0.25) is 0 Å². The van der Waals surface area contributed by atoms with Gasteiger partial charge in [-0.05, 0) is 33.1 Å². The second-order valence-corrected chi connectivity index (χ2v) is 3.89. The van der Waals surface area contributed by atoms with Crippen molar-refractivity contribution in [2.24, 2.45) is 0 Å². The van der Waals surface area contributed by atoms with E-state index in [1.165, 1.54) is 0 Å². The standard InChI is InChI=1S/C12H18O2/c1-3-4-5-8-11(13)12(2)9-6-7-10-14-12/h5-10H2,1-2H3. The summed E-state index contributed by atoms with van der Waals surface area (Å²) >= 11 is 0. The van der Waals surface area contributed by atoms with Crippen LogP contribution < -0.4 is 0 Å². The summed E-state index contributed by atoms with van der Waals surface area (Å²) in [4.78, 5) is 11.8. The van der Waals surface area contributed by atoms with Gasteiger partial charge in [-0.1, -0.05) is 0 Å². The van der Waals surface area contributed by atoms with Crippen LogP contribution in [0.1, 0.15) is 46.0 Å². The summed E-state index contributed by atoms with van der Waals surface area (Å²) in [6.07, 6.45) is 4.23. The molecule has 0 spiro atoms. The fourth-order valence-electron chi connectivity index (χ4n) is 1.72.